The van der Waals surface area contributed by atoms with E-state index in [1.807, 2.05) is 24.3 Å². The van der Waals surface area contributed by atoms with Crippen LogP contribution in [0.4, 0.5) is 5.69 Å². The Labute approximate surface area is 173 Å². The highest BCUT2D eigenvalue weighted by Gasteiger charge is 2.14. The summed E-state index contributed by atoms with van der Waals surface area (Å²) < 4.78 is 5.46. The number of ether oxygens (including phenoxy) is 1. The predicted octanol–water partition coefficient (Wildman–Crippen LogP) is 4.23. The molecule has 0 aliphatic heterocycles. The van der Waals surface area contributed by atoms with Crippen LogP contribution >= 0.6 is 23.8 Å². The molecule has 0 bridgehead atoms. The van der Waals surface area contributed by atoms with Crippen LogP contribution < -0.4 is 15.4 Å². The molecule has 148 valence electrons. The van der Waals surface area contributed by atoms with Crippen LogP contribution in [0, 0.1) is 0 Å². The molecule has 0 spiro atoms. The molecule has 8 heteroatoms. The number of carboxylic acid groups (broad SMARTS) is 1. The number of carbonyl (C=O) groups is 2. The zero-order chi connectivity index (χ0) is 20.9. The number of nitrogens with one attached hydrogen (secondary N) is 2. The Kier molecular flexibility index (Phi) is 6.99. The third kappa shape index (κ3) is 6.21. The van der Waals surface area contributed by atoms with Gasteiger partial charge in [-0.3, -0.25) is 10.1 Å². The summed E-state index contributed by atoms with van der Waals surface area (Å²) in [6, 6.07) is 11.7. The number of carbonyl (C=O) groups excluding carboxylic acids is 1. The highest BCUT2D eigenvalue weighted by molar-refractivity contribution is 7.80. The van der Waals surface area contributed by atoms with Crippen LogP contribution in [0.3, 0.4) is 0 Å². The Bertz CT molecular complexity index is 892. The van der Waals surface area contributed by atoms with E-state index < -0.39 is 11.9 Å². The van der Waals surface area contributed by atoms with E-state index in [0.29, 0.717) is 5.75 Å². The molecular formula is C20H21ClN2O4S. The number of halogens is 1. The fourth-order valence-electron chi connectivity index (χ4n) is 2.27. The Morgan fingerprint density at radius 1 is 1.14 bits per heavy atom. The molecule has 1 amide bonds. The number of aromatic carboxylic acids is 1. The van der Waals surface area contributed by atoms with Gasteiger partial charge in [0.25, 0.3) is 5.91 Å². The lowest BCUT2D eigenvalue weighted by atomic mass is 9.87. The second kappa shape index (κ2) is 9.03. The van der Waals surface area contributed by atoms with Crippen LogP contribution in [0.5, 0.6) is 5.75 Å². The van der Waals surface area contributed by atoms with E-state index in [1.54, 1.807) is 0 Å². The molecule has 2 aromatic rings. The van der Waals surface area contributed by atoms with Gasteiger partial charge in [0.2, 0.25) is 0 Å². The van der Waals surface area contributed by atoms with E-state index in [-0.39, 0.29) is 33.4 Å². The van der Waals surface area contributed by atoms with Crippen molar-refractivity contribution in [2.24, 2.45) is 0 Å². The molecule has 6 nitrogen and oxygen atoms in total. The molecule has 2 rings (SSSR count). The van der Waals surface area contributed by atoms with Crippen LogP contribution in [0.15, 0.2) is 42.5 Å². The number of amides is 1. The van der Waals surface area contributed by atoms with Crippen molar-refractivity contribution in [2.75, 3.05) is 11.9 Å². The number of hydrogen-bond donors (Lipinski definition) is 3. The lowest BCUT2D eigenvalue weighted by molar-refractivity contribution is -0.121. The van der Waals surface area contributed by atoms with Gasteiger partial charge in [0.05, 0.1) is 16.3 Å². The monoisotopic (exact) mass is 420 g/mol. The van der Waals surface area contributed by atoms with E-state index in [0.717, 1.165) is 5.56 Å². The maximum absolute atomic E-state index is 12.0. The molecule has 28 heavy (non-hydrogen) atoms. The summed E-state index contributed by atoms with van der Waals surface area (Å²) in [5, 5.41) is 14.5. The minimum absolute atomic E-state index is 0.0129. The van der Waals surface area contributed by atoms with E-state index in [4.69, 9.17) is 33.7 Å². The van der Waals surface area contributed by atoms with Crippen molar-refractivity contribution < 1.29 is 19.4 Å². The van der Waals surface area contributed by atoms with Gasteiger partial charge >= 0.3 is 5.97 Å². The normalized spacial score (nSPS) is 10.9. The number of thiocarbonyl (C=S) groups is 1. The molecule has 0 atom stereocenters. The topological polar surface area (TPSA) is 87.7 Å². The zero-order valence-corrected chi connectivity index (χ0v) is 17.3. The van der Waals surface area contributed by atoms with Crippen molar-refractivity contribution in [3.8, 4) is 5.75 Å². The summed E-state index contributed by atoms with van der Waals surface area (Å²) in [5.74, 6) is -0.984. The van der Waals surface area contributed by atoms with Crippen molar-refractivity contribution in [2.45, 2.75) is 26.2 Å². The van der Waals surface area contributed by atoms with E-state index in [1.165, 1.54) is 18.2 Å². The van der Waals surface area contributed by atoms with E-state index in [2.05, 4.69) is 31.4 Å². The molecule has 2 aromatic carbocycles. The van der Waals surface area contributed by atoms with Crippen molar-refractivity contribution in [1.82, 2.24) is 5.32 Å². The second-order valence-electron chi connectivity index (χ2n) is 7.07. The molecule has 0 saturated carbocycles. The largest absolute Gasteiger partial charge is 0.484 e. The number of rotatable bonds is 5. The molecule has 0 aromatic heterocycles. The molecular weight excluding hydrogens is 400 g/mol. The van der Waals surface area contributed by atoms with Crippen LogP contribution in [-0.2, 0) is 10.2 Å². The smallest absolute Gasteiger partial charge is 0.335 e. The van der Waals surface area contributed by atoms with Gasteiger partial charge < -0.3 is 15.2 Å². The number of benzene rings is 2. The van der Waals surface area contributed by atoms with Gasteiger partial charge in [0.1, 0.15) is 5.75 Å². The van der Waals surface area contributed by atoms with Gasteiger partial charge in [-0.15, -0.1) is 0 Å². The Balaban J connectivity index is 1.88. The molecule has 0 fully saturated rings. The SMILES string of the molecule is CC(C)(C)c1ccc(OCC(=O)NC(=S)Nc2cc(C(=O)O)ccc2Cl)cc1. The van der Waals surface area contributed by atoms with Crippen LogP contribution in [0.1, 0.15) is 36.7 Å². The Hall–Kier alpha value is -2.64. The van der Waals surface area contributed by atoms with Crippen molar-refractivity contribution in [3.05, 3.63) is 58.6 Å². The summed E-state index contributed by atoms with van der Waals surface area (Å²) in [4.78, 5) is 23.0. The van der Waals surface area contributed by atoms with Gasteiger partial charge in [0, 0.05) is 0 Å². The fourth-order valence-corrected chi connectivity index (χ4v) is 2.66. The molecule has 0 aliphatic rings. The van der Waals surface area contributed by atoms with Gasteiger partial charge in [-0.25, -0.2) is 4.79 Å². The maximum Gasteiger partial charge on any atom is 0.335 e. The lowest BCUT2D eigenvalue weighted by Crippen LogP contribution is -2.37. The minimum atomic E-state index is -1.10. The number of hydrogen-bond acceptors (Lipinski definition) is 4. The Morgan fingerprint density at radius 3 is 2.36 bits per heavy atom. The van der Waals surface area contributed by atoms with Gasteiger partial charge in [-0.1, -0.05) is 44.5 Å². The van der Waals surface area contributed by atoms with Crippen LogP contribution in [-0.4, -0.2) is 28.7 Å². The second-order valence-corrected chi connectivity index (χ2v) is 7.88. The fraction of sp³-hybridized carbons (Fsp3) is 0.250. The highest BCUT2D eigenvalue weighted by atomic mass is 35.5. The Morgan fingerprint density at radius 2 is 1.79 bits per heavy atom. The number of carboxylic acids is 1. The molecule has 0 saturated heterocycles. The summed E-state index contributed by atoms with van der Waals surface area (Å²) >= 11 is 11.1. The van der Waals surface area contributed by atoms with Crippen molar-refractivity contribution in [1.29, 1.82) is 0 Å². The van der Waals surface area contributed by atoms with E-state index >= 15 is 0 Å². The molecule has 0 unspecified atom stereocenters. The first-order valence-corrected chi connectivity index (χ1v) is 9.22. The molecule has 0 heterocycles. The van der Waals surface area contributed by atoms with Gasteiger partial charge in [0.15, 0.2) is 11.7 Å². The standard InChI is InChI=1S/C20H21ClN2O4S/c1-20(2,3)13-5-7-14(8-6-13)27-11-17(24)23-19(28)22-16-10-12(18(25)26)4-9-15(16)21/h4-10H,11H2,1-3H3,(H,25,26)(H2,22,23,24,28). The summed E-state index contributed by atoms with van der Waals surface area (Å²) in [6.07, 6.45) is 0. The van der Waals surface area contributed by atoms with E-state index in [9.17, 15) is 9.59 Å². The van der Waals surface area contributed by atoms with Crippen molar-refractivity contribution >= 4 is 46.5 Å². The average molecular weight is 421 g/mol. The average Bonchev–Trinajstić information content (AvgIpc) is 2.61. The van der Waals surface area contributed by atoms with Crippen molar-refractivity contribution in [3.63, 3.8) is 0 Å². The molecule has 3 N–H and O–H groups in total. The summed E-state index contributed by atoms with van der Waals surface area (Å²) in [5.41, 5.74) is 1.52. The predicted molar refractivity (Wildman–Crippen MR) is 113 cm³/mol. The maximum atomic E-state index is 12.0. The van der Waals surface area contributed by atoms with Gasteiger partial charge in [-0.05, 0) is 53.5 Å². The first-order chi connectivity index (χ1) is 13.1. The minimum Gasteiger partial charge on any atom is -0.484 e. The first-order valence-electron chi connectivity index (χ1n) is 8.43. The molecule has 0 aliphatic carbocycles. The first kappa shape index (κ1) is 21.7. The van der Waals surface area contributed by atoms with Crippen LogP contribution in [0.2, 0.25) is 5.02 Å². The lowest BCUT2D eigenvalue weighted by Gasteiger charge is -2.19. The number of anilines is 1. The third-order valence-electron chi connectivity index (χ3n) is 3.80. The zero-order valence-electron chi connectivity index (χ0n) is 15.7. The highest BCUT2D eigenvalue weighted by Crippen LogP contribution is 2.24. The molecule has 0 radical (unpaired) electrons. The summed E-state index contributed by atoms with van der Waals surface area (Å²) in [7, 11) is 0. The third-order valence-corrected chi connectivity index (χ3v) is 4.34. The summed E-state index contributed by atoms with van der Waals surface area (Å²) in [6.45, 7) is 6.12. The van der Waals surface area contributed by atoms with Crippen LogP contribution in [0.25, 0.3) is 0 Å². The van der Waals surface area contributed by atoms with Gasteiger partial charge in [-0.2, -0.15) is 0 Å². The quantitative estimate of drug-likeness (QED) is 0.627.